The third kappa shape index (κ3) is 4.33. The van der Waals surface area contributed by atoms with Gasteiger partial charge in [0.15, 0.2) is 0 Å². The van der Waals surface area contributed by atoms with Crippen molar-refractivity contribution in [2.75, 3.05) is 33.3 Å². The Kier molecular flexibility index (Phi) is 5.38. The molecule has 0 spiro atoms. The second-order valence-electron chi connectivity index (χ2n) is 6.96. The number of ether oxygens (including phenoxy) is 2. The number of benzene rings is 2. The number of halogens is 3. The number of nitrogens with one attached hydrogen (secondary N) is 2. The highest BCUT2D eigenvalue weighted by atomic mass is 19.4. The van der Waals surface area contributed by atoms with E-state index in [1.807, 2.05) is 24.4 Å². The first-order valence-corrected chi connectivity index (χ1v) is 9.40. The quantitative estimate of drug-likeness (QED) is 0.672. The zero-order chi connectivity index (χ0) is 20.4. The van der Waals surface area contributed by atoms with Crippen molar-refractivity contribution in [1.82, 2.24) is 15.2 Å². The number of hydrogen-bond donors (Lipinski definition) is 2. The van der Waals surface area contributed by atoms with Crippen LogP contribution in [-0.2, 0) is 0 Å². The molecule has 8 heteroatoms. The maximum absolute atomic E-state index is 12.5. The van der Waals surface area contributed by atoms with Gasteiger partial charge in [-0.15, -0.1) is 13.2 Å². The summed E-state index contributed by atoms with van der Waals surface area (Å²) in [6.45, 7) is 3.39. The third-order valence-corrected chi connectivity index (χ3v) is 5.16. The molecule has 1 aliphatic rings. The predicted molar refractivity (Wildman–Crippen MR) is 104 cm³/mol. The molecular formula is C21H22F3N3O2. The Morgan fingerprint density at radius 2 is 1.69 bits per heavy atom. The number of nitrogens with zero attached hydrogens (tertiary/aromatic N) is 1. The molecule has 29 heavy (non-hydrogen) atoms. The molecule has 1 atom stereocenters. The number of alkyl halides is 3. The standard InChI is InChI=1S/C21H22F3N3O2/c1-28-16-6-7-19-17(12-16)18(13-26-19)20(27-10-8-25-9-11-27)14-2-4-15(5-3-14)29-21(22,23)24/h2-7,12-13,20,25-26H,8-11H2,1H3/t20-/m0/s1. The summed E-state index contributed by atoms with van der Waals surface area (Å²) in [5, 5.41) is 4.37. The van der Waals surface area contributed by atoms with Gasteiger partial charge in [-0.25, -0.2) is 0 Å². The number of aromatic nitrogens is 1. The number of methoxy groups -OCH3 is 1. The largest absolute Gasteiger partial charge is 0.573 e. The molecule has 2 N–H and O–H groups in total. The average molecular weight is 405 g/mol. The smallest absolute Gasteiger partial charge is 0.497 e. The summed E-state index contributed by atoms with van der Waals surface area (Å²) in [6.07, 6.45) is -2.73. The lowest BCUT2D eigenvalue weighted by Gasteiger charge is -2.35. The monoisotopic (exact) mass is 405 g/mol. The topological polar surface area (TPSA) is 49.5 Å². The molecule has 1 saturated heterocycles. The third-order valence-electron chi connectivity index (χ3n) is 5.16. The van der Waals surface area contributed by atoms with Crippen molar-refractivity contribution in [2.45, 2.75) is 12.4 Å². The maximum Gasteiger partial charge on any atom is 0.573 e. The van der Waals surface area contributed by atoms with E-state index in [1.54, 1.807) is 19.2 Å². The van der Waals surface area contributed by atoms with Gasteiger partial charge in [-0.05, 0) is 41.5 Å². The first kappa shape index (κ1) is 19.6. The Hall–Kier alpha value is -2.71. The molecule has 1 aliphatic heterocycles. The van der Waals surface area contributed by atoms with E-state index in [4.69, 9.17) is 4.74 Å². The Labute approximate surface area is 166 Å². The average Bonchev–Trinajstić information content (AvgIpc) is 3.12. The lowest BCUT2D eigenvalue weighted by atomic mass is 9.95. The number of fused-ring (bicyclic) bond motifs is 1. The fourth-order valence-corrected chi connectivity index (χ4v) is 3.85. The minimum absolute atomic E-state index is 0.0992. The van der Waals surface area contributed by atoms with Gasteiger partial charge in [-0.2, -0.15) is 0 Å². The molecule has 0 aliphatic carbocycles. The van der Waals surface area contributed by atoms with Crippen LogP contribution in [0.2, 0.25) is 0 Å². The highest BCUT2D eigenvalue weighted by Crippen LogP contribution is 2.36. The van der Waals surface area contributed by atoms with Crippen LogP contribution in [0.5, 0.6) is 11.5 Å². The molecule has 5 nitrogen and oxygen atoms in total. The van der Waals surface area contributed by atoms with Crippen LogP contribution in [0.4, 0.5) is 13.2 Å². The zero-order valence-electron chi connectivity index (χ0n) is 15.9. The minimum atomic E-state index is -4.70. The van der Waals surface area contributed by atoms with Crippen LogP contribution >= 0.6 is 0 Å². The molecule has 4 rings (SSSR count). The van der Waals surface area contributed by atoms with Gasteiger partial charge in [0.25, 0.3) is 0 Å². The summed E-state index contributed by atoms with van der Waals surface area (Å²) in [5.41, 5.74) is 2.95. The van der Waals surface area contributed by atoms with E-state index in [-0.39, 0.29) is 11.8 Å². The predicted octanol–water partition coefficient (Wildman–Crippen LogP) is 4.07. The fraction of sp³-hybridized carbons (Fsp3) is 0.333. The molecule has 2 aromatic carbocycles. The van der Waals surface area contributed by atoms with Crippen LogP contribution in [0.1, 0.15) is 17.2 Å². The van der Waals surface area contributed by atoms with Gasteiger partial charge in [-0.3, -0.25) is 4.90 Å². The maximum atomic E-state index is 12.5. The van der Waals surface area contributed by atoms with E-state index < -0.39 is 6.36 Å². The molecule has 0 unspecified atom stereocenters. The molecule has 2 heterocycles. The summed E-state index contributed by atoms with van der Waals surface area (Å²) in [5.74, 6) is 0.534. The van der Waals surface area contributed by atoms with E-state index in [2.05, 4.69) is 19.9 Å². The molecule has 0 radical (unpaired) electrons. The summed E-state index contributed by atoms with van der Waals surface area (Å²) in [4.78, 5) is 5.63. The SMILES string of the molecule is COc1ccc2[nH]cc([C@H](c3ccc(OC(F)(F)F)cc3)N3CCNCC3)c2c1. The highest BCUT2D eigenvalue weighted by Gasteiger charge is 2.31. The Bertz CT molecular complexity index is 963. The Morgan fingerprint density at radius 3 is 2.34 bits per heavy atom. The second-order valence-corrected chi connectivity index (χ2v) is 6.96. The summed E-state index contributed by atoms with van der Waals surface area (Å²) in [6, 6.07) is 11.9. The fourth-order valence-electron chi connectivity index (χ4n) is 3.85. The van der Waals surface area contributed by atoms with Gasteiger partial charge in [0.05, 0.1) is 13.2 Å². The lowest BCUT2D eigenvalue weighted by molar-refractivity contribution is -0.274. The van der Waals surface area contributed by atoms with E-state index in [0.29, 0.717) is 0 Å². The van der Waals surface area contributed by atoms with Crippen molar-refractivity contribution in [3.05, 3.63) is 59.8 Å². The van der Waals surface area contributed by atoms with Crippen molar-refractivity contribution >= 4 is 10.9 Å². The Balaban J connectivity index is 1.75. The van der Waals surface area contributed by atoms with Crippen LogP contribution < -0.4 is 14.8 Å². The first-order valence-electron chi connectivity index (χ1n) is 9.40. The number of H-pyrrole nitrogens is 1. The van der Waals surface area contributed by atoms with E-state index in [0.717, 1.165) is 54.0 Å². The highest BCUT2D eigenvalue weighted by molar-refractivity contribution is 5.85. The molecule has 1 aromatic heterocycles. The number of hydrogen-bond acceptors (Lipinski definition) is 4. The molecule has 3 aromatic rings. The van der Waals surface area contributed by atoms with Gasteiger partial charge in [0.2, 0.25) is 0 Å². The molecule has 0 saturated carbocycles. The normalized spacial score (nSPS) is 16.7. The van der Waals surface area contributed by atoms with Crippen molar-refractivity contribution in [3.63, 3.8) is 0 Å². The van der Waals surface area contributed by atoms with Gasteiger partial charge in [-0.1, -0.05) is 12.1 Å². The van der Waals surface area contributed by atoms with Gasteiger partial charge in [0.1, 0.15) is 11.5 Å². The lowest BCUT2D eigenvalue weighted by Crippen LogP contribution is -2.45. The molecular weight excluding hydrogens is 383 g/mol. The van der Waals surface area contributed by atoms with E-state index in [1.165, 1.54) is 12.1 Å². The van der Waals surface area contributed by atoms with Crippen molar-refractivity contribution in [1.29, 1.82) is 0 Å². The van der Waals surface area contributed by atoms with Crippen LogP contribution in [0.3, 0.4) is 0 Å². The zero-order valence-corrected chi connectivity index (χ0v) is 15.9. The first-order chi connectivity index (χ1) is 13.9. The van der Waals surface area contributed by atoms with Crippen molar-refractivity contribution in [3.8, 4) is 11.5 Å². The number of piperazine rings is 1. The molecule has 1 fully saturated rings. The minimum Gasteiger partial charge on any atom is -0.497 e. The number of aromatic amines is 1. The van der Waals surface area contributed by atoms with Gasteiger partial charge in [0, 0.05) is 43.3 Å². The summed E-state index contributed by atoms with van der Waals surface area (Å²) >= 11 is 0. The van der Waals surface area contributed by atoms with Crippen molar-refractivity contribution < 1.29 is 22.6 Å². The molecule has 154 valence electrons. The Morgan fingerprint density at radius 1 is 1.00 bits per heavy atom. The summed E-state index contributed by atoms with van der Waals surface area (Å²) < 4.78 is 46.9. The van der Waals surface area contributed by atoms with Gasteiger partial charge < -0.3 is 19.8 Å². The van der Waals surface area contributed by atoms with Crippen LogP contribution in [0.25, 0.3) is 10.9 Å². The van der Waals surface area contributed by atoms with Crippen molar-refractivity contribution in [2.24, 2.45) is 0 Å². The van der Waals surface area contributed by atoms with Crippen LogP contribution in [0, 0.1) is 0 Å². The molecule has 0 bridgehead atoms. The van der Waals surface area contributed by atoms with Crippen LogP contribution in [-0.4, -0.2) is 49.5 Å². The number of rotatable bonds is 5. The van der Waals surface area contributed by atoms with E-state index >= 15 is 0 Å². The summed E-state index contributed by atoms with van der Waals surface area (Å²) in [7, 11) is 1.63. The van der Waals surface area contributed by atoms with Gasteiger partial charge >= 0.3 is 6.36 Å². The second kappa shape index (κ2) is 7.96. The van der Waals surface area contributed by atoms with E-state index in [9.17, 15) is 13.2 Å². The molecule has 0 amide bonds. The van der Waals surface area contributed by atoms with Crippen LogP contribution in [0.15, 0.2) is 48.7 Å².